The number of hydrogen-bond donors (Lipinski definition) is 1. The van der Waals surface area contributed by atoms with Crippen LogP contribution in [0.4, 0.5) is 5.13 Å². The van der Waals surface area contributed by atoms with Crippen molar-refractivity contribution >= 4 is 33.7 Å². The number of amides is 1. The molecule has 3 heterocycles. The number of anilines is 1. The highest BCUT2D eigenvalue weighted by Crippen LogP contribution is 2.35. The highest BCUT2D eigenvalue weighted by atomic mass is 32.1. The number of rotatable bonds is 4. The fourth-order valence-corrected chi connectivity index (χ4v) is 4.44. The van der Waals surface area contributed by atoms with Gasteiger partial charge in [0.15, 0.2) is 16.6 Å². The summed E-state index contributed by atoms with van der Waals surface area (Å²) in [4.78, 5) is 17.9. The van der Waals surface area contributed by atoms with Crippen LogP contribution < -0.4 is 14.8 Å². The van der Waals surface area contributed by atoms with E-state index in [1.54, 1.807) is 0 Å². The summed E-state index contributed by atoms with van der Waals surface area (Å²) in [5.74, 6) is 1.69. The lowest BCUT2D eigenvalue weighted by Crippen LogP contribution is -2.15. The van der Waals surface area contributed by atoms with Gasteiger partial charge >= 0.3 is 0 Å². The average molecular weight is 386 g/mol. The topological polar surface area (TPSA) is 60.5 Å². The second kappa shape index (κ2) is 7.09. The predicted molar refractivity (Wildman–Crippen MR) is 105 cm³/mol. The van der Waals surface area contributed by atoms with Crippen LogP contribution in [0.25, 0.3) is 11.3 Å². The van der Waals surface area contributed by atoms with Crippen molar-refractivity contribution in [2.75, 3.05) is 18.5 Å². The van der Waals surface area contributed by atoms with E-state index < -0.39 is 0 Å². The lowest BCUT2D eigenvalue weighted by atomic mass is 10.0. The second-order valence-electron chi connectivity index (χ2n) is 6.21. The molecule has 0 unspecified atom stereocenters. The van der Waals surface area contributed by atoms with Gasteiger partial charge in [-0.05, 0) is 41.1 Å². The number of fused-ring (bicyclic) bond motifs is 1. The maximum absolute atomic E-state index is 12.6. The number of hydrogen-bond acceptors (Lipinski definition) is 6. The van der Waals surface area contributed by atoms with Gasteiger partial charge in [-0.25, -0.2) is 4.98 Å². The number of carbonyl (C=O) groups is 1. The molecule has 2 aromatic heterocycles. The maximum Gasteiger partial charge on any atom is 0.267 e. The zero-order valence-electron chi connectivity index (χ0n) is 14.4. The van der Waals surface area contributed by atoms with Crippen LogP contribution in [-0.2, 0) is 0 Å². The molecule has 0 saturated heterocycles. The molecule has 5 nitrogen and oxygen atoms in total. The van der Waals surface area contributed by atoms with Crippen LogP contribution in [0.3, 0.4) is 0 Å². The van der Waals surface area contributed by atoms with E-state index in [4.69, 9.17) is 9.47 Å². The highest BCUT2D eigenvalue weighted by Gasteiger charge is 2.18. The first-order chi connectivity index (χ1) is 12.6. The Morgan fingerprint density at radius 3 is 2.77 bits per heavy atom. The number of carbonyl (C=O) groups excluding carboxylic acids is 1. The normalized spacial score (nSPS) is 13.0. The van der Waals surface area contributed by atoms with Gasteiger partial charge in [0, 0.05) is 10.9 Å². The lowest BCUT2D eigenvalue weighted by molar-refractivity contribution is 0.102. The van der Waals surface area contributed by atoms with Crippen molar-refractivity contribution in [2.45, 2.75) is 19.8 Å². The zero-order valence-corrected chi connectivity index (χ0v) is 16.1. The van der Waals surface area contributed by atoms with Gasteiger partial charge in [0.25, 0.3) is 5.91 Å². The smallest absolute Gasteiger partial charge is 0.267 e. The van der Waals surface area contributed by atoms with Crippen molar-refractivity contribution in [3.8, 4) is 22.8 Å². The Morgan fingerprint density at radius 1 is 1.15 bits per heavy atom. The minimum absolute atomic E-state index is 0.105. The summed E-state index contributed by atoms with van der Waals surface area (Å²) in [5.41, 5.74) is 2.80. The van der Waals surface area contributed by atoms with E-state index in [1.165, 1.54) is 22.7 Å². The van der Waals surface area contributed by atoms with Crippen molar-refractivity contribution in [2.24, 2.45) is 0 Å². The number of aromatic nitrogens is 1. The van der Waals surface area contributed by atoms with Crippen LogP contribution in [0, 0.1) is 0 Å². The first-order valence-electron chi connectivity index (χ1n) is 8.36. The van der Waals surface area contributed by atoms with Gasteiger partial charge in [-0.2, -0.15) is 0 Å². The summed E-state index contributed by atoms with van der Waals surface area (Å²) in [7, 11) is 0. The van der Waals surface area contributed by atoms with E-state index in [9.17, 15) is 4.79 Å². The minimum Gasteiger partial charge on any atom is -0.486 e. The van der Waals surface area contributed by atoms with Gasteiger partial charge in [0.05, 0.1) is 10.6 Å². The summed E-state index contributed by atoms with van der Waals surface area (Å²) in [6.45, 7) is 5.29. The molecule has 0 aliphatic carbocycles. The van der Waals surface area contributed by atoms with Crippen LogP contribution in [0.5, 0.6) is 11.5 Å². The molecule has 0 atom stereocenters. The van der Waals surface area contributed by atoms with Gasteiger partial charge < -0.3 is 9.47 Å². The number of nitrogens with one attached hydrogen (secondary N) is 1. The molecule has 7 heteroatoms. The molecule has 134 valence electrons. The van der Waals surface area contributed by atoms with Crippen LogP contribution in [0.15, 0.2) is 35.0 Å². The molecule has 26 heavy (non-hydrogen) atoms. The molecule has 0 saturated carbocycles. The van der Waals surface area contributed by atoms with Crippen molar-refractivity contribution in [3.63, 3.8) is 0 Å². The molecule has 4 rings (SSSR count). The Morgan fingerprint density at radius 2 is 1.96 bits per heavy atom. The SMILES string of the molecule is CC(C)c1ccsc1C(=O)Nc1nc(-c2ccc3c(c2)OCCO3)cs1. The molecule has 1 N–H and O–H groups in total. The van der Waals surface area contributed by atoms with Gasteiger partial charge in [0.2, 0.25) is 0 Å². The Hall–Kier alpha value is -2.38. The van der Waals surface area contributed by atoms with Crippen molar-refractivity contribution in [3.05, 3.63) is 45.5 Å². The number of thiophene rings is 1. The first-order valence-corrected chi connectivity index (χ1v) is 10.1. The largest absolute Gasteiger partial charge is 0.486 e. The molecule has 0 bridgehead atoms. The summed E-state index contributed by atoms with van der Waals surface area (Å²) in [6, 6.07) is 7.77. The molecule has 0 fully saturated rings. The summed E-state index contributed by atoms with van der Waals surface area (Å²) in [6.07, 6.45) is 0. The Balaban J connectivity index is 1.53. The van der Waals surface area contributed by atoms with E-state index in [0.717, 1.165) is 33.2 Å². The number of benzene rings is 1. The monoisotopic (exact) mass is 386 g/mol. The fraction of sp³-hybridized carbons (Fsp3) is 0.263. The standard InChI is InChI=1S/C19H18N2O3S2/c1-11(2)13-5-8-25-17(13)18(22)21-19-20-14(10-26-19)12-3-4-15-16(9-12)24-7-6-23-15/h3-5,8-11H,6-7H2,1-2H3,(H,20,21,22). The van der Waals surface area contributed by atoms with E-state index >= 15 is 0 Å². The molecule has 1 aliphatic heterocycles. The van der Waals surface area contributed by atoms with Gasteiger partial charge in [-0.1, -0.05) is 13.8 Å². The highest BCUT2D eigenvalue weighted by molar-refractivity contribution is 7.14. The third-order valence-electron chi connectivity index (χ3n) is 4.09. The number of nitrogens with zero attached hydrogens (tertiary/aromatic N) is 1. The average Bonchev–Trinajstić information content (AvgIpc) is 3.31. The molecular weight excluding hydrogens is 368 g/mol. The van der Waals surface area contributed by atoms with Crippen molar-refractivity contribution in [1.29, 1.82) is 0 Å². The Labute approximate surface area is 159 Å². The van der Waals surface area contributed by atoms with Crippen molar-refractivity contribution in [1.82, 2.24) is 4.98 Å². The number of ether oxygens (including phenoxy) is 2. The maximum atomic E-state index is 12.6. The Kier molecular flexibility index (Phi) is 4.65. The number of thiazole rings is 1. The molecular formula is C19H18N2O3S2. The molecule has 0 spiro atoms. The second-order valence-corrected chi connectivity index (χ2v) is 7.98. The predicted octanol–water partition coefficient (Wildman–Crippen LogP) is 5.02. The summed E-state index contributed by atoms with van der Waals surface area (Å²) < 4.78 is 11.2. The van der Waals surface area contributed by atoms with Gasteiger partial charge in [-0.3, -0.25) is 10.1 Å². The summed E-state index contributed by atoms with van der Waals surface area (Å²) in [5, 5.41) is 7.38. The Bertz CT molecular complexity index is 946. The van der Waals surface area contributed by atoms with Gasteiger partial charge in [0.1, 0.15) is 13.2 Å². The van der Waals surface area contributed by atoms with E-state index in [-0.39, 0.29) is 5.91 Å². The minimum atomic E-state index is -0.105. The van der Waals surface area contributed by atoms with Crippen LogP contribution in [0.1, 0.15) is 35.0 Å². The molecule has 1 aromatic carbocycles. The summed E-state index contributed by atoms with van der Waals surface area (Å²) >= 11 is 2.87. The van der Waals surface area contributed by atoms with Crippen molar-refractivity contribution < 1.29 is 14.3 Å². The fourth-order valence-electron chi connectivity index (χ4n) is 2.78. The van der Waals surface area contributed by atoms with E-state index in [0.29, 0.717) is 24.3 Å². The van der Waals surface area contributed by atoms with Crippen LogP contribution in [-0.4, -0.2) is 24.1 Å². The van der Waals surface area contributed by atoms with Crippen LogP contribution in [0.2, 0.25) is 0 Å². The zero-order chi connectivity index (χ0) is 18.1. The third kappa shape index (κ3) is 3.32. The first kappa shape index (κ1) is 17.1. The van der Waals surface area contributed by atoms with E-state index in [2.05, 4.69) is 24.1 Å². The molecule has 1 aliphatic rings. The molecule has 3 aromatic rings. The molecule has 0 radical (unpaired) electrons. The van der Waals surface area contributed by atoms with Gasteiger partial charge in [-0.15, -0.1) is 22.7 Å². The molecule has 1 amide bonds. The van der Waals surface area contributed by atoms with E-state index in [1.807, 2.05) is 35.0 Å². The lowest BCUT2D eigenvalue weighted by Gasteiger charge is -2.18. The third-order valence-corrected chi connectivity index (χ3v) is 5.77. The van der Waals surface area contributed by atoms with Crippen LogP contribution >= 0.6 is 22.7 Å². The quantitative estimate of drug-likeness (QED) is 0.684.